The van der Waals surface area contributed by atoms with Crippen LogP contribution in [0.1, 0.15) is 182 Å². The Bertz CT molecular complexity index is 1190. The number of nitrogens with two attached hydrogens (primary N) is 1. The summed E-state index contributed by atoms with van der Waals surface area (Å²) in [6, 6.07) is 0. The van der Waals surface area contributed by atoms with E-state index in [4.69, 9.17) is 28.4 Å². The van der Waals surface area contributed by atoms with Gasteiger partial charge in [0.1, 0.15) is 26.4 Å². The molecule has 2 N–H and O–H groups in total. The highest BCUT2D eigenvalue weighted by Gasteiger charge is 2.28. The minimum atomic E-state index is -0.879. The van der Waals surface area contributed by atoms with Crippen molar-refractivity contribution in [3.63, 3.8) is 0 Å². The molecule has 13 nitrogen and oxygen atoms in total. The van der Waals surface area contributed by atoms with Crippen LogP contribution in [0.4, 0.5) is 0 Å². The van der Waals surface area contributed by atoms with Crippen molar-refractivity contribution in [3.8, 4) is 0 Å². The molecule has 0 bridgehead atoms. The molecule has 4 aliphatic rings. The van der Waals surface area contributed by atoms with Gasteiger partial charge in [0, 0.05) is 38.5 Å². The molecule has 0 aromatic rings. The summed E-state index contributed by atoms with van der Waals surface area (Å²) in [6.45, 7) is 9.56. The van der Waals surface area contributed by atoms with Crippen molar-refractivity contribution in [2.75, 3.05) is 39.5 Å². The van der Waals surface area contributed by atoms with Gasteiger partial charge in [0.15, 0.2) is 12.2 Å². The summed E-state index contributed by atoms with van der Waals surface area (Å²) >= 11 is 0. The summed E-state index contributed by atoms with van der Waals surface area (Å²) in [4.78, 5) is 76.6. The minimum absolute atomic E-state index is 0.135. The number of ether oxygens (including phenoxy) is 6. The normalized spacial score (nSPS) is 27.2. The van der Waals surface area contributed by atoms with Crippen molar-refractivity contribution >= 4 is 35.8 Å². The SMILES string of the molecule is CC1CCC(CC(=O)OCC(COC(=O)CC2CCC(C)CC2)OC(=O)CCC[NH2+]CCCC(=O)OC(COC(=O)CC2CCC(C)CC2)COC(=O)CC2CCC(C)CC2)CC1. The molecule has 4 aliphatic carbocycles. The van der Waals surface area contributed by atoms with Gasteiger partial charge in [0.25, 0.3) is 0 Å². The summed E-state index contributed by atoms with van der Waals surface area (Å²) in [6.07, 6.45) is 17.8. The van der Waals surface area contributed by atoms with Gasteiger partial charge in [-0.15, -0.1) is 0 Å². The maximum atomic E-state index is 12.9. The van der Waals surface area contributed by atoms with Gasteiger partial charge < -0.3 is 33.7 Å². The van der Waals surface area contributed by atoms with Gasteiger partial charge in [-0.05, 0) is 98.7 Å². The van der Waals surface area contributed by atoms with Gasteiger partial charge in [-0.25, -0.2) is 0 Å². The summed E-state index contributed by atoms with van der Waals surface area (Å²) in [5, 5.41) is 2.01. The van der Waals surface area contributed by atoms with Gasteiger partial charge in [-0.3, -0.25) is 28.8 Å². The van der Waals surface area contributed by atoms with E-state index in [1.807, 2.05) is 5.32 Å². The van der Waals surface area contributed by atoms with Crippen LogP contribution in [0.15, 0.2) is 0 Å². The standard InChI is InChI=1S/C50H83NO12/c1-35-9-17-39(18-10-35)27-47(54)58-31-43(32-59-48(55)28-40-19-11-36(2)12-20-40)62-45(52)7-5-25-51-26-6-8-46(53)63-44(33-60-49(56)29-41-21-13-37(3)14-22-41)34-61-50(57)30-42-23-15-38(4)16-24-42/h35-44,51H,5-34H2,1-4H3/p+1. The topological polar surface area (TPSA) is 174 Å². The van der Waals surface area contributed by atoms with Crippen molar-refractivity contribution in [2.45, 2.75) is 194 Å². The number of hydrogen-bond donors (Lipinski definition) is 1. The lowest BCUT2D eigenvalue weighted by atomic mass is 9.81. The van der Waals surface area contributed by atoms with E-state index in [-0.39, 0.29) is 63.1 Å². The first-order chi connectivity index (χ1) is 30.3. The van der Waals surface area contributed by atoms with Crippen LogP contribution in [0, 0.1) is 47.3 Å². The van der Waals surface area contributed by atoms with E-state index in [2.05, 4.69) is 27.7 Å². The second kappa shape index (κ2) is 29.3. The predicted molar refractivity (Wildman–Crippen MR) is 237 cm³/mol. The number of rotatable bonds is 26. The number of esters is 6. The molecule has 0 aromatic carbocycles. The largest absolute Gasteiger partial charge is 0.462 e. The monoisotopic (exact) mass is 891 g/mol. The molecule has 0 amide bonds. The van der Waals surface area contributed by atoms with Gasteiger partial charge >= 0.3 is 35.8 Å². The third kappa shape index (κ3) is 23.0. The number of carbonyl (C=O) groups is 6. The zero-order chi connectivity index (χ0) is 45.4. The summed E-state index contributed by atoms with van der Waals surface area (Å²) in [7, 11) is 0. The first-order valence-electron chi connectivity index (χ1n) is 25.1. The van der Waals surface area contributed by atoms with E-state index >= 15 is 0 Å². The second-order valence-corrected chi connectivity index (χ2v) is 20.3. The maximum absolute atomic E-state index is 12.9. The molecule has 0 unspecified atom stereocenters. The molecule has 0 spiro atoms. The lowest BCUT2D eigenvalue weighted by molar-refractivity contribution is -0.655. The predicted octanol–water partition coefficient (Wildman–Crippen LogP) is 7.97. The average molecular weight is 891 g/mol. The van der Waals surface area contributed by atoms with Gasteiger partial charge in [0.2, 0.25) is 0 Å². The molecular weight excluding hydrogens is 807 g/mol. The van der Waals surface area contributed by atoms with Gasteiger partial charge in [-0.2, -0.15) is 0 Å². The lowest BCUT2D eigenvalue weighted by Crippen LogP contribution is -2.84. The molecule has 13 heteroatoms. The molecule has 0 aromatic heterocycles. The van der Waals surface area contributed by atoms with Crippen LogP contribution >= 0.6 is 0 Å². The summed E-state index contributed by atoms with van der Waals surface area (Å²) < 4.78 is 33.6. The summed E-state index contributed by atoms with van der Waals surface area (Å²) in [5.74, 6) is 1.74. The zero-order valence-electron chi connectivity index (χ0n) is 39.5. The Labute approximate surface area is 378 Å². The van der Waals surface area contributed by atoms with Crippen molar-refractivity contribution in [1.82, 2.24) is 0 Å². The number of hydrogen-bond acceptors (Lipinski definition) is 12. The highest BCUT2D eigenvalue weighted by molar-refractivity contribution is 5.72. The Morgan fingerprint density at radius 2 is 0.619 bits per heavy atom. The van der Waals surface area contributed by atoms with E-state index in [1.54, 1.807) is 0 Å². The van der Waals surface area contributed by atoms with Crippen LogP contribution in [0.2, 0.25) is 0 Å². The number of quaternary nitrogens is 1. The van der Waals surface area contributed by atoms with E-state index in [0.29, 0.717) is 99.0 Å². The van der Waals surface area contributed by atoms with Crippen LogP contribution in [0.3, 0.4) is 0 Å². The molecule has 4 fully saturated rings. The Morgan fingerprint density at radius 1 is 0.381 bits per heavy atom. The highest BCUT2D eigenvalue weighted by atomic mass is 16.6. The first kappa shape index (κ1) is 52.4. The zero-order valence-corrected chi connectivity index (χ0v) is 39.5. The summed E-state index contributed by atoms with van der Waals surface area (Å²) in [5.41, 5.74) is 0. The molecule has 0 atom stereocenters. The second-order valence-electron chi connectivity index (χ2n) is 20.3. The van der Waals surface area contributed by atoms with Crippen LogP contribution in [-0.2, 0) is 57.2 Å². The molecular formula is C50H84NO12+. The van der Waals surface area contributed by atoms with Gasteiger partial charge in [0.05, 0.1) is 25.9 Å². The van der Waals surface area contributed by atoms with Crippen LogP contribution in [0.25, 0.3) is 0 Å². The Morgan fingerprint density at radius 3 is 0.857 bits per heavy atom. The van der Waals surface area contributed by atoms with E-state index < -0.39 is 24.1 Å². The molecule has 63 heavy (non-hydrogen) atoms. The van der Waals surface area contributed by atoms with Crippen molar-refractivity contribution in [1.29, 1.82) is 0 Å². The molecule has 4 rings (SSSR count). The quantitative estimate of drug-likeness (QED) is 0.0505. The molecule has 0 aliphatic heterocycles. The number of carbonyl (C=O) groups excluding carboxylic acids is 6. The van der Waals surface area contributed by atoms with Crippen LogP contribution in [-0.4, -0.2) is 87.5 Å². The lowest BCUT2D eigenvalue weighted by Gasteiger charge is -2.26. The fourth-order valence-corrected chi connectivity index (χ4v) is 9.70. The molecule has 0 heterocycles. The molecule has 4 saturated carbocycles. The Kier molecular flexibility index (Phi) is 24.4. The fraction of sp³-hybridized carbons (Fsp3) is 0.880. The Hall–Kier alpha value is -3.22. The van der Waals surface area contributed by atoms with Crippen LogP contribution < -0.4 is 5.32 Å². The minimum Gasteiger partial charge on any atom is -0.462 e. The fourth-order valence-electron chi connectivity index (χ4n) is 9.70. The maximum Gasteiger partial charge on any atom is 0.306 e. The molecule has 360 valence electrons. The Balaban J connectivity index is 1.14. The van der Waals surface area contributed by atoms with E-state index in [9.17, 15) is 28.8 Å². The molecule has 0 radical (unpaired) electrons. The third-order valence-corrected chi connectivity index (χ3v) is 14.3. The van der Waals surface area contributed by atoms with Crippen LogP contribution in [0.5, 0.6) is 0 Å². The average Bonchev–Trinajstić information content (AvgIpc) is 3.25. The van der Waals surface area contributed by atoms with E-state index in [0.717, 1.165) is 103 Å². The third-order valence-electron chi connectivity index (χ3n) is 14.3. The smallest absolute Gasteiger partial charge is 0.306 e. The van der Waals surface area contributed by atoms with Crippen molar-refractivity contribution in [2.24, 2.45) is 47.3 Å². The van der Waals surface area contributed by atoms with Crippen molar-refractivity contribution < 1.29 is 62.5 Å². The highest BCUT2D eigenvalue weighted by Crippen LogP contribution is 2.33. The van der Waals surface area contributed by atoms with Gasteiger partial charge in [-0.1, -0.05) is 79.1 Å². The van der Waals surface area contributed by atoms with Crippen molar-refractivity contribution in [3.05, 3.63) is 0 Å². The molecule has 0 saturated heterocycles. The first-order valence-corrected chi connectivity index (χ1v) is 25.1. The van der Waals surface area contributed by atoms with E-state index in [1.165, 1.54) is 0 Å².